The normalized spacial score (nSPS) is 17.2. The molecule has 1 N–H and O–H groups in total. The van der Waals surface area contributed by atoms with Gasteiger partial charge in [-0.2, -0.15) is 0 Å². The summed E-state index contributed by atoms with van der Waals surface area (Å²) in [6.07, 6.45) is 0.329. The van der Waals surface area contributed by atoms with Crippen LogP contribution in [0.2, 0.25) is 0 Å². The first kappa shape index (κ1) is 21.5. The molecule has 1 saturated heterocycles. The molecule has 0 radical (unpaired) electrons. The Morgan fingerprint density at radius 1 is 1.10 bits per heavy atom. The molecule has 0 aromatic heterocycles. The molecular formula is C21H22N2O6S. The van der Waals surface area contributed by atoms with Crippen LogP contribution in [0.15, 0.2) is 54.6 Å². The predicted molar refractivity (Wildman–Crippen MR) is 112 cm³/mol. The molecule has 0 aliphatic carbocycles. The van der Waals surface area contributed by atoms with E-state index in [0.29, 0.717) is 17.8 Å². The smallest absolute Gasteiger partial charge is 0.338 e. The lowest BCUT2D eigenvalue weighted by molar-refractivity contribution is -0.122. The van der Waals surface area contributed by atoms with Crippen LogP contribution in [0.5, 0.6) is 0 Å². The number of carbonyl (C=O) groups excluding carboxylic acids is 3. The fraction of sp³-hybridized carbons (Fsp3) is 0.286. The van der Waals surface area contributed by atoms with Crippen molar-refractivity contribution in [3.63, 3.8) is 0 Å². The SMILES string of the molecule is CC(=O)Nc1cccc(C(=O)OCC(=O)N(c2ccccc2)C2CCS(=O)(=O)C2)c1. The monoisotopic (exact) mass is 430 g/mol. The maximum Gasteiger partial charge on any atom is 0.338 e. The van der Waals surface area contributed by atoms with Crippen LogP contribution in [-0.2, 0) is 24.2 Å². The van der Waals surface area contributed by atoms with E-state index in [0.717, 1.165) is 0 Å². The number of para-hydroxylation sites is 1. The Morgan fingerprint density at radius 2 is 1.83 bits per heavy atom. The van der Waals surface area contributed by atoms with Crippen LogP contribution in [0.1, 0.15) is 23.7 Å². The molecular weight excluding hydrogens is 408 g/mol. The Balaban J connectivity index is 1.72. The van der Waals surface area contributed by atoms with Crippen molar-refractivity contribution in [2.75, 3.05) is 28.3 Å². The van der Waals surface area contributed by atoms with E-state index in [9.17, 15) is 22.8 Å². The number of ether oxygens (including phenoxy) is 1. The quantitative estimate of drug-likeness (QED) is 0.702. The van der Waals surface area contributed by atoms with Crippen LogP contribution in [0.25, 0.3) is 0 Å². The number of amides is 2. The van der Waals surface area contributed by atoms with Crippen LogP contribution >= 0.6 is 0 Å². The standard InChI is InChI=1S/C21H22N2O6S/c1-15(24)22-17-7-5-6-16(12-17)21(26)29-13-20(25)23(18-8-3-2-4-9-18)19-10-11-30(27,28)14-19/h2-9,12,19H,10-11,13-14H2,1H3,(H,22,24). The number of nitrogens with zero attached hydrogens (tertiary/aromatic N) is 1. The average molecular weight is 430 g/mol. The number of sulfone groups is 1. The molecule has 1 aliphatic rings. The Labute approximate surface area is 174 Å². The topological polar surface area (TPSA) is 110 Å². The minimum Gasteiger partial charge on any atom is -0.452 e. The zero-order valence-electron chi connectivity index (χ0n) is 16.4. The van der Waals surface area contributed by atoms with Crippen molar-refractivity contribution in [1.29, 1.82) is 0 Å². The first-order valence-electron chi connectivity index (χ1n) is 9.37. The van der Waals surface area contributed by atoms with Gasteiger partial charge in [0.15, 0.2) is 16.4 Å². The minimum absolute atomic E-state index is 0.0179. The van der Waals surface area contributed by atoms with E-state index in [1.54, 1.807) is 42.5 Å². The van der Waals surface area contributed by atoms with Crippen molar-refractivity contribution in [1.82, 2.24) is 0 Å². The summed E-state index contributed by atoms with van der Waals surface area (Å²) in [5, 5.41) is 2.57. The minimum atomic E-state index is -3.21. The Morgan fingerprint density at radius 3 is 2.47 bits per heavy atom. The van der Waals surface area contributed by atoms with Gasteiger partial charge in [-0.15, -0.1) is 0 Å². The lowest BCUT2D eigenvalue weighted by atomic mass is 10.2. The molecule has 2 aromatic carbocycles. The van der Waals surface area contributed by atoms with E-state index >= 15 is 0 Å². The molecule has 30 heavy (non-hydrogen) atoms. The Bertz CT molecular complexity index is 1050. The second-order valence-corrected chi connectivity index (χ2v) is 9.22. The van der Waals surface area contributed by atoms with E-state index in [1.165, 1.54) is 24.0 Å². The van der Waals surface area contributed by atoms with Crippen LogP contribution in [0, 0.1) is 0 Å². The van der Waals surface area contributed by atoms with Gasteiger partial charge in [0.2, 0.25) is 5.91 Å². The molecule has 0 saturated carbocycles. The van der Waals surface area contributed by atoms with Gasteiger partial charge in [-0.25, -0.2) is 13.2 Å². The van der Waals surface area contributed by atoms with Crippen molar-refractivity contribution in [3.05, 3.63) is 60.2 Å². The van der Waals surface area contributed by atoms with Crippen LogP contribution in [-0.4, -0.2) is 50.4 Å². The maximum absolute atomic E-state index is 12.9. The fourth-order valence-electron chi connectivity index (χ4n) is 3.33. The van der Waals surface area contributed by atoms with Gasteiger partial charge in [0, 0.05) is 18.3 Å². The molecule has 9 heteroatoms. The fourth-order valence-corrected chi connectivity index (χ4v) is 5.03. The molecule has 1 unspecified atom stereocenters. The summed E-state index contributed by atoms with van der Waals surface area (Å²) < 4.78 is 29.0. The maximum atomic E-state index is 12.9. The molecule has 1 aliphatic heterocycles. The number of anilines is 2. The van der Waals surface area contributed by atoms with E-state index in [4.69, 9.17) is 4.74 Å². The Hall–Kier alpha value is -3.20. The summed E-state index contributed by atoms with van der Waals surface area (Å²) >= 11 is 0. The zero-order valence-corrected chi connectivity index (χ0v) is 17.2. The molecule has 1 fully saturated rings. The number of benzene rings is 2. The van der Waals surface area contributed by atoms with E-state index < -0.39 is 34.4 Å². The largest absolute Gasteiger partial charge is 0.452 e. The second-order valence-electron chi connectivity index (χ2n) is 6.99. The van der Waals surface area contributed by atoms with Gasteiger partial charge in [0.25, 0.3) is 5.91 Å². The molecule has 3 rings (SSSR count). The molecule has 0 spiro atoms. The first-order valence-corrected chi connectivity index (χ1v) is 11.2. The van der Waals surface area contributed by atoms with Gasteiger partial charge < -0.3 is 15.0 Å². The van der Waals surface area contributed by atoms with Gasteiger partial charge in [-0.3, -0.25) is 9.59 Å². The molecule has 8 nitrogen and oxygen atoms in total. The summed E-state index contributed by atoms with van der Waals surface area (Å²) in [6, 6.07) is 14.4. The van der Waals surface area contributed by atoms with Crippen molar-refractivity contribution in [2.24, 2.45) is 0 Å². The van der Waals surface area contributed by atoms with E-state index in [-0.39, 0.29) is 23.0 Å². The van der Waals surface area contributed by atoms with Crippen LogP contribution in [0.4, 0.5) is 11.4 Å². The van der Waals surface area contributed by atoms with Crippen molar-refractivity contribution in [2.45, 2.75) is 19.4 Å². The number of nitrogens with one attached hydrogen (secondary N) is 1. The Kier molecular flexibility index (Phi) is 6.51. The molecule has 2 amide bonds. The zero-order chi connectivity index (χ0) is 21.7. The third-order valence-electron chi connectivity index (χ3n) is 4.62. The van der Waals surface area contributed by atoms with Crippen molar-refractivity contribution < 1.29 is 27.5 Å². The summed E-state index contributed by atoms with van der Waals surface area (Å²) in [4.78, 5) is 37.8. The third-order valence-corrected chi connectivity index (χ3v) is 6.37. The number of carbonyl (C=O) groups is 3. The average Bonchev–Trinajstić information content (AvgIpc) is 3.06. The van der Waals surface area contributed by atoms with Gasteiger partial charge in [0.1, 0.15) is 0 Å². The summed E-state index contributed by atoms with van der Waals surface area (Å²) in [6.45, 7) is 0.819. The van der Waals surface area contributed by atoms with E-state index in [1.807, 2.05) is 0 Å². The van der Waals surface area contributed by atoms with Gasteiger partial charge >= 0.3 is 5.97 Å². The van der Waals surface area contributed by atoms with Crippen molar-refractivity contribution >= 4 is 39.0 Å². The highest BCUT2D eigenvalue weighted by molar-refractivity contribution is 7.91. The molecule has 0 bridgehead atoms. The third kappa shape index (κ3) is 5.44. The summed E-state index contributed by atoms with van der Waals surface area (Å²) in [5.41, 5.74) is 1.17. The van der Waals surface area contributed by atoms with Gasteiger partial charge in [0.05, 0.1) is 23.1 Å². The highest BCUT2D eigenvalue weighted by Gasteiger charge is 2.35. The number of rotatable bonds is 6. The lowest BCUT2D eigenvalue weighted by Gasteiger charge is -2.28. The van der Waals surface area contributed by atoms with Gasteiger partial charge in [-0.05, 0) is 36.8 Å². The summed E-state index contributed by atoms with van der Waals surface area (Å²) in [5.74, 6) is -1.61. The number of esters is 1. The molecule has 158 valence electrons. The molecule has 1 atom stereocenters. The van der Waals surface area contributed by atoms with E-state index in [2.05, 4.69) is 5.32 Å². The summed E-state index contributed by atoms with van der Waals surface area (Å²) in [7, 11) is -3.21. The first-order chi connectivity index (χ1) is 14.2. The molecule has 1 heterocycles. The van der Waals surface area contributed by atoms with Crippen LogP contribution < -0.4 is 10.2 Å². The lowest BCUT2D eigenvalue weighted by Crippen LogP contribution is -2.43. The van der Waals surface area contributed by atoms with Gasteiger partial charge in [-0.1, -0.05) is 24.3 Å². The predicted octanol–water partition coefficient (Wildman–Crippen LogP) is 2.02. The van der Waals surface area contributed by atoms with Crippen LogP contribution in [0.3, 0.4) is 0 Å². The van der Waals surface area contributed by atoms with Crippen molar-refractivity contribution in [3.8, 4) is 0 Å². The highest BCUT2D eigenvalue weighted by atomic mass is 32.2. The molecule has 2 aromatic rings. The highest BCUT2D eigenvalue weighted by Crippen LogP contribution is 2.24. The number of hydrogen-bond acceptors (Lipinski definition) is 6. The number of hydrogen-bond donors (Lipinski definition) is 1. The second kappa shape index (κ2) is 9.08.